The van der Waals surface area contributed by atoms with Crippen molar-refractivity contribution in [3.63, 3.8) is 0 Å². The van der Waals surface area contributed by atoms with E-state index in [9.17, 15) is 5.11 Å². The highest BCUT2D eigenvalue weighted by Gasteiger charge is 2.07. The number of methoxy groups -OCH3 is 1. The second kappa shape index (κ2) is 5.84. The van der Waals surface area contributed by atoms with E-state index in [4.69, 9.17) is 4.74 Å². The van der Waals surface area contributed by atoms with E-state index in [1.807, 2.05) is 41.1 Å². The molecule has 0 spiro atoms. The maximum Gasteiger partial charge on any atom is 0.118 e. The second-order valence-electron chi connectivity index (χ2n) is 3.96. The van der Waals surface area contributed by atoms with Crippen molar-refractivity contribution in [3.8, 4) is 5.75 Å². The molecule has 3 heteroatoms. The fraction of sp³-hybridized carbons (Fsp3) is 0.286. The number of aliphatic hydroxyl groups excluding tert-OH is 1. The Morgan fingerprint density at radius 1 is 1.24 bits per heavy atom. The van der Waals surface area contributed by atoms with E-state index in [1.54, 1.807) is 18.4 Å². The van der Waals surface area contributed by atoms with E-state index < -0.39 is 0 Å². The van der Waals surface area contributed by atoms with Gasteiger partial charge in [0.2, 0.25) is 0 Å². The molecule has 1 unspecified atom stereocenters. The Labute approximate surface area is 105 Å². The Hall–Kier alpha value is -1.32. The molecule has 2 aromatic rings. The monoisotopic (exact) mass is 248 g/mol. The van der Waals surface area contributed by atoms with Crippen LogP contribution in [-0.4, -0.2) is 12.2 Å². The molecule has 0 saturated carbocycles. The highest BCUT2D eigenvalue weighted by Crippen LogP contribution is 2.21. The molecule has 1 N–H and O–H groups in total. The predicted molar refractivity (Wildman–Crippen MR) is 70.6 cm³/mol. The first kappa shape index (κ1) is 12.1. The predicted octanol–water partition coefficient (Wildman–Crippen LogP) is 3.42. The summed E-state index contributed by atoms with van der Waals surface area (Å²) in [6.07, 6.45) is 1.27. The van der Waals surface area contributed by atoms with Crippen LogP contribution in [0.1, 0.15) is 23.7 Å². The molecule has 0 aliphatic heterocycles. The first-order valence-corrected chi connectivity index (χ1v) is 6.57. The minimum atomic E-state index is -0.358. The number of benzene rings is 1. The molecular weight excluding hydrogens is 232 g/mol. The first-order valence-electron chi connectivity index (χ1n) is 5.62. The van der Waals surface area contributed by atoms with Crippen LogP contribution in [0, 0.1) is 0 Å². The Morgan fingerprint density at radius 2 is 2.00 bits per heavy atom. The maximum absolute atomic E-state index is 9.95. The average molecular weight is 248 g/mol. The quantitative estimate of drug-likeness (QED) is 0.878. The van der Waals surface area contributed by atoms with Crippen LogP contribution < -0.4 is 4.74 Å². The third-order valence-corrected chi connectivity index (χ3v) is 3.49. The molecule has 90 valence electrons. The fourth-order valence-electron chi connectivity index (χ4n) is 1.73. The van der Waals surface area contributed by atoms with Crippen molar-refractivity contribution in [3.05, 3.63) is 52.2 Å². The number of aryl methyl sites for hydroxylation is 1. The van der Waals surface area contributed by atoms with Crippen LogP contribution in [0.2, 0.25) is 0 Å². The Kier molecular flexibility index (Phi) is 4.18. The van der Waals surface area contributed by atoms with Gasteiger partial charge in [0.1, 0.15) is 5.75 Å². The van der Waals surface area contributed by atoms with Crippen molar-refractivity contribution in [1.29, 1.82) is 0 Å². The fourth-order valence-corrected chi connectivity index (χ4v) is 2.43. The minimum absolute atomic E-state index is 0.358. The van der Waals surface area contributed by atoms with Crippen LogP contribution in [0.15, 0.2) is 41.1 Å². The average Bonchev–Trinajstić information content (AvgIpc) is 2.90. The standard InChI is InChI=1S/C14H16O2S/c1-16-13-5-2-11(3-6-13)4-7-14(15)12-8-9-17-10-12/h2-3,5-6,8-10,14-15H,4,7H2,1H3. The van der Waals surface area contributed by atoms with E-state index in [0.29, 0.717) is 0 Å². The molecule has 0 saturated heterocycles. The van der Waals surface area contributed by atoms with E-state index in [0.717, 1.165) is 24.2 Å². The normalized spacial score (nSPS) is 12.4. The lowest BCUT2D eigenvalue weighted by atomic mass is 10.0. The number of ether oxygens (including phenoxy) is 1. The molecule has 2 rings (SSSR count). The molecule has 17 heavy (non-hydrogen) atoms. The summed E-state index contributed by atoms with van der Waals surface area (Å²) in [7, 11) is 1.66. The molecule has 2 nitrogen and oxygen atoms in total. The summed E-state index contributed by atoms with van der Waals surface area (Å²) in [5.74, 6) is 0.868. The van der Waals surface area contributed by atoms with Crippen LogP contribution >= 0.6 is 11.3 Å². The summed E-state index contributed by atoms with van der Waals surface area (Å²) in [5.41, 5.74) is 2.24. The van der Waals surface area contributed by atoms with Crippen molar-refractivity contribution >= 4 is 11.3 Å². The number of hydrogen-bond donors (Lipinski definition) is 1. The minimum Gasteiger partial charge on any atom is -0.497 e. The molecule has 0 bridgehead atoms. The molecular formula is C14H16O2S. The lowest BCUT2D eigenvalue weighted by molar-refractivity contribution is 0.168. The summed E-state index contributed by atoms with van der Waals surface area (Å²) in [5, 5.41) is 13.9. The van der Waals surface area contributed by atoms with E-state index >= 15 is 0 Å². The summed E-state index contributed by atoms with van der Waals surface area (Å²) in [6, 6.07) is 9.96. The highest BCUT2D eigenvalue weighted by atomic mass is 32.1. The van der Waals surface area contributed by atoms with Gasteiger partial charge < -0.3 is 9.84 Å². The summed E-state index contributed by atoms with van der Waals surface area (Å²) in [6.45, 7) is 0. The lowest BCUT2D eigenvalue weighted by Gasteiger charge is -2.09. The van der Waals surface area contributed by atoms with Gasteiger partial charge in [0.25, 0.3) is 0 Å². The molecule has 0 amide bonds. The SMILES string of the molecule is COc1ccc(CCC(O)c2ccsc2)cc1. The Morgan fingerprint density at radius 3 is 2.59 bits per heavy atom. The van der Waals surface area contributed by atoms with Gasteiger partial charge >= 0.3 is 0 Å². The number of hydrogen-bond acceptors (Lipinski definition) is 3. The van der Waals surface area contributed by atoms with E-state index in [2.05, 4.69) is 0 Å². The summed E-state index contributed by atoms with van der Waals surface area (Å²) >= 11 is 1.62. The number of rotatable bonds is 5. The second-order valence-corrected chi connectivity index (χ2v) is 4.74. The molecule has 1 aromatic carbocycles. The largest absolute Gasteiger partial charge is 0.497 e. The molecule has 1 atom stereocenters. The van der Waals surface area contributed by atoms with Crippen LogP contribution in [0.25, 0.3) is 0 Å². The van der Waals surface area contributed by atoms with Crippen molar-refractivity contribution in [1.82, 2.24) is 0 Å². The third kappa shape index (κ3) is 3.32. The summed E-state index contributed by atoms with van der Waals surface area (Å²) < 4.78 is 5.11. The molecule has 0 aliphatic rings. The Balaban J connectivity index is 1.89. The van der Waals surface area contributed by atoms with Gasteiger partial charge in [-0.2, -0.15) is 11.3 Å². The van der Waals surface area contributed by atoms with Crippen molar-refractivity contribution < 1.29 is 9.84 Å². The zero-order valence-electron chi connectivity index (χ0n) is 9.80. The van der Waals surface area contributed by atoms with Crippen molar-refractivity contribution in [2.75, 3.05) is 7.11 Å². The highest BCUT2D eigenvalue weighted by molar-refractivity contribution is 7.07. The van der Waals surface area contributed by atoms with Gasteiger partial charge in [-0.25, -0.2) is 0 Å². The van der Waals surface area contributed by atoms with Crippen LogP contribution in [0.4, 0.5) is 0 Å². The molecule has 0 fully saturated rings. The van der Waals surface area contributed by atoms with Gasteiger partial charge in [-0.3, -0.25) is 0 Å². The zero-order valence-corrected chi connectivity index (χ0v) is 10.6. The van der Waals surface area contributed by atoms with Gasteiger partial charge in [0.15, 0.2) is 0 Å². The maximum atomic E-state index is 9.95. The van der Waals surface area contributed by atoms with Crippen molar-refractivity contribution in [2.24, 2.45) is 0 Å². The first-order chi connectivity index (χ1) is 8.29. The Bertz CT molecular complexity index is 434. The number of thiophene rings is 1. The summed E-state index contributed by atoms with van der Waals surface area (Å²) in [4.78, 5) is 0. The van der Waals surface area contributed by atoms with Gasteiger partial charge in [0.05, 0.1) is 13.2 Å². The van der Waals surface area contributed by atoms with Crippen LogP contribution in [0.3, 0.4) is 0 Å². The third-order valence-electron chi connectivity index (χ3n) is 2.79. The number of aliphatic hydroxyl groups is 1. The van der Waals surface area contributed by atoms with Gasteiger partial charge in [-0.15, -0.1) is 0 Å². The molecule has 1 aromatic heterocycles. The molecule has 0 aliphatic carbocycles. The van der Waals surface area contributed by atoms with Crippen LogP contribution in [-0.2, 0) is 6.42 Å². The topological polar surface area (TPSA) is 29.5 Å². The molecule has 1 heterocycles. The molecule has 0 radical (unpaired) electrons. The van der Waals surface area contributed by atoms with Crippen LogP contribution in [0.5, 0.6) is 5.75 Å². The van der Waals surface area contributed by atoms with Gasteiger partial charge in [-0.05, 0) is 52.9 Å². The van der Waals surface area contributed by atoms with Gasteiger partial charge in [0, 0.05) is 0 Å². The van der Waals surface area contributed by atoms with E-state index in [1.165, 1.54) is 5.56 Å². The lowest BCUT2D eigenvalue weighted by Crippen LogP contribution is -1.98. The van der Waals surface area contributed by atoms with Gasteiger partial charge in [-0.1, -0.05) is 12.1 Å². The van der Waals surface area contributed by atoms with Crippen molar-refractivity contribution in [2.45, 2.75) is 18.9 Å². The van der Waals surface area contributed by atoms with E-state index in [-0.39, 0.29) is 6.10 Å². The zero-order chi connectivity index (χ0) is 12.1. The smallest absolute Gasteiger partial charge is 0.118 e.